The molecule has 102 valence electrons. The molecule has 1 rings (SSSR count). The van der Waals surface area contributed by atoms with E-state index in [1.807, 2.05) is 13.8 Å². The first-order valence-corrected chi connectivity index (χ1v) is 5.89. The van der Waals surface area contributed by atoms with Crippen LogP contribution in [0.1, 0.15) is 32.3 Å². The Hall–Kier alpha value is -1.23. The Morgan fingerprint density at radius 3 is 1.94 bits per heavy atom. The summed E-state index contributed by atoms with van der Waals surface area (Å²) in [7, 11) is 0. The van der Waals surface area contributed by atoms with Gasteiger partial charge in [0.05, 0.1) is 5.56 Å². The monoisotopic (exact) mass is 261 g/mol. The van der Waals surface area contributed by atoms with E-state index in [2.05, 4.69) is 0 Å². The van der Waals surface area contributed by atoms with Crippen LogP contribution in [0.3, 0.4) is 0 Å². The van der Waals surface area contributed by atoms with Crippen molar-refractivity contribution in [3.63, 3.8) is 0 Å². The fourth-order valence-corrected chi connectivity index (χ4v) is 1.42. The molecule has 18 heavy (non-hydrogen) atoms. The van der Waals surface area contributed by atoms with E-state index in [0.29, 0.717) is 12.4 Å². The second kappa shape index (κ2) is 5.61. The quantitative estimate of drug-likeness (QED) is 0.878. The lowest BCUT2D eigenvalue weighted by atomic mass is 9.96. The van der Waals surface area contributed by atoms with Crippen LogP contribution in [0.2, 0.25) is 0 Å². The molecule has 0 aliphatic heterocycles. The lowest BCUT2D eigenvalue weighted by molar-refractivity contribution is -0.137. The summed E-state index contributed by atoms with van der Waals surface area (Å²) >= 11 is 0. The molecular formula is C13H18F3NO. The van der Waals surface area contributed by atoms with Crippen molar-refractivity contribution in [1.29, 1.82) is 0 Å². The zero-order valence-electron chi connectivity index (χ0n) is 10.6. The van der Waals surface area contributed by atoms with Crippen molar-refractivity contribution in [3.8, 4) is 5.75 Å². The molecule has 0 aliphatic rings. The normalized spacial score (nSPS) is 12.6. The van der Waals surface area contributed by atoms with Crippen molar-refractivity contribution >= 4 is 0 Å². The van der Waals surface area contributed by atoms with Gasteiger partial charge in [-0.05, 0) is 37.1 Å². The zero-order valence-corrected chi connectivity index (χ0v) is 10.6. The highest BCUT2D eigenvalue weighted by Crippen LogP contribution is 2.30. The number of halogens is 3. The van der Waals surface area contributed by atoms with Gasteiger partial charge in [0.2, 0.25) is 0 Å². The zero-order chi connectivity index (χ0) is 13.8. The first kappa shape index (κ1) is 14.8. The highest BCUT2D eigenvalue weighted by molar-refractivity contribution is 5.28. The molecule has 0 aliphatic carbocycles. The lowest BCUT2D eigenvalue weighted by Gasteiger charge is -2.26. The summed E-state index contributed by atoms with van der Waals surface area (Å²) in [5.41, 5.74) is 4.93. The van der Waals surface area contributed by atoms with E-state index in [4.69, 9.17) is 10.5 Å². The van der Waals surface area contributed by atoms with Gasteiger partial charge in [-0.3, -0.25) is 0 Å². The maximum atomic E-state index is 12.3. The first-order valence-electron chi connectivity index (χ1n) is 5.89. The number of rotatable bonds is 5. The highest BCUT2D eigenvalue weighted by Gasteiger charge is 2.30. The van der Waals surface area contributed by atoms with E-state index in [9.17, 15) is 13.2 Å². The highest BCUT2D eigenvalue weighted by atomic mass is 19.4. The summed E-state index contributed by atoms with van der Waals surface area (Å²) < 4.78 is 42.5. The maximum absolute atomic E-state index is 12.3. The number of hydrogen-bond acceptors (Lipinski definition) is 2. The molecule has 5 heteroatoms. The summed E-state index contributed by atoms with van der Waals surface area (Å²) in [5, 5.41) is 0. The summed E-state index contributed by atoms with van der Waals surface area (Å²) in [4.78, 5) is 0. The SMILES string of the molecule is CCC(N)(CC)COc1ccc(C(F)(F)F)cc1. The van der Waals surface area contributed by atoms with Crippen LogP contribution >= 0.6 is 0 Å². The van der Waals surface area contributed by atoms with Crippen LogP contribution in [-0.2, 0) is 6.18 Å². The Bertz CT molecular complexity index is 369. The Balaban J connectivity index is 2.65. The van der Waals surface area contributed by atoms with E-state index in [1.165, 1.54) is 12.1 Å². The third-order valence-electron chi connectivity index (χ3n) is 3.12. The van der Waals surface area contributed by atoms with Gasteiger partial charge in [0, 0.05) is 5.54 Å². The van der Waals surface area contributed by atoms with Gasteiger partial charge in [0.1, 0.15) is 12.4 Å². The van der Waals surface area contributed by atoms with Crippen molar-refractivity contribution in [2.24, 2.45) is 5.73 Å². The predicted molar refractivity (Wildman–Crippen MR) is 64.4 cm³/mol. The Labute approximate surface area is 105 Å². The topological polar surface area (TPSA) is 35.2 Å². The van der Waals surface area contributed by atoms with Crippen LogP contribution in [0.15, 0.2) is 24.3 Å². The minimum Gasteiger partial charge on any atom is -0.492 e. The molecule has 0 saturated heterocycles. The molecule has 0 fully saturated rings. The molecule has 0 radical (unpaired) electrons. The molecule has 0 atom stereocenters. The third-order valence-corrected chi connectivity index (χ3v) is 3.12. The average molecular weight is 261 g/mol. The van der Waals surface area contributed by atoms with Gasteiger partial charge in [-0.1, -0.05) is 13.8 Å². The fourth-order valence-electron chi connectivity index (χ4n) is 1.42. The lowest BCUT2D eigenvalue weighted by Crippen LogP contribution is -2.44. The van der Waals surface area contributed by atoms with E-state index in [0.717, 1.165) is 25.0 Å². The summed E-state index contributed by atoms with van der Waals surface area (Å²) in [5.74, 6) is 0.403. The van der Waals surface area contributed by atoms with Crippen LogP contribution in [0.5, 0.6) is 5.75 Å². The third kappa shape index (κ3) is 3.91. The largest absolute Gasteiger partial charge is 0.492 e. The van der Waals surface area contributed by atoms with E-state index in [1.54, 1.807) is 0 Å². The molecule has 0 heterocycles. The second-order valence-corrected chi connectivity index (χ2v) is 4.38. The molecule has 1 aromatic rings. The predicted octanol–water partition coefficient (Wildman–Crippen LogP) is 3.60. The van der Waals surface area contributed by atoms with Crippen molar-refractivity contribution in [2.45, 2.75) is 38.4 Å². The smallest absolute Gasteiger partial charge is 0.416 e. The molecule has 2 N–H and O–H groups in total. The van der Waals surface area contributed by atoms with Crippen molar-refractivity contribution < 1.29 is 17.9 Å². The van der Waals surface area contributed by atoms with Crippen molar-refractivity contribution in [2.75, 3.05) is 6.61 Å². The average Bonchev–Trinajstić information content (AvgIpc) is 2.35. The van der Waals surface area contributed by atoms with Crippen LogP contribution in [0, 0.1) is 0 Å². The number of hydrogen-bond donors (Lipinski definition) is 1. The fraction of sp³-hybridized carbons (Fsp3) is 0.538. The van der Waals surface area contributed by atoms with Crippen molar-refractivity contribution in [1.82, 2.24) is 0 Å². The first-order chi connectivity index (χ1) is 8.30. The van der Waals surface area contributed by atoms with Gasteiger partial charge in [0.25, 0.3) is 0 Å². The Morgan fingerprint density at radius 1 is 1.06 bits per heavy atom. The van der Waals surface area contributed by atoms with Gasteiger partial charge in [-0.25, -0.2) is 0 Å². The number of benzene rings is 1. The van der Waals surface area contributed by atoms with Gasteiger partial charge >= 0.3 is 6.18 Å². The van der Waals surface area contributed by atoms with Gasteiger partial charge in [-0.15, -0.1) is 0 Å². The molecular weight excluding hydrogens is 243 g/mol. The molecule has 0 amide bonds. The molecule has 0 bridgehead atoms. The van der Waals surface area contributed by atoms with Crippen LogP contribution in [0.4, 0.5) is 13.2 Å². The Kier molecular flexibility index (Phi) is 4.62. The van der Waals surface area contributed by atoms with Gasteiger partial charge in [-0.2, -0.15) is 13.2 Å². The summed E-state index contributed by atoms with van der Waals surface area (Å²) in [6, 6.07) is 4.64. The molecule has 1 aromatic carbocycles. The Morgan fingerprint density at radius 2 is 1.56 bits per heavy atom. The van der Waals surface area contributed by atoms with Gasteiger partial charge in [0.15, 0.2) is 0 Å². The molecule has 0 aromatic heterocycles. The number of alkyl halides is 3. The van der Waals surface area contributed by atoms with Gasteiger partial charge < -0.3 is 10.5 Å². The van der Waals surface area contributed by atoms with E-state index in [-0.39, 0.29) is 0 Å². The molecule has 2 nitrogen and oxygen atoms in total. The van der Waals surface area contributed by atoms with E-state index < -0.39 is 17.3 Å². The minimum atomic E-state index is -4.32. The van der Waals surface area contributed by atoms with Crippen LogP contribution in [-0.4, -0.2) is 12.1 Å². The van der Waals surface area contributed by atoms with E-state index >= 15 is 0 Å². The standard InChI is InChI=1S/C13H18F3NO/c1-3-12(17,4-2)9-18-11-7-5-10(6-8-11)13(14,15)16/h5-8H,3-4,9,17H2,1-2H3. The molecule has 0 saturated carbocycles. The van der Waals surface area contributed by atoms with Crippen LogP contribution < -0.4 is 10.5 Å². The molecule has 0 unspecified atom stereocenters. The van der Waals surface area contributed by atoms with Crippen molar-refractivity contribution in [3.05, 3.63) is 29.8 Å². The second-order valence-electron chi connectivity index (χ2n) is 4.38. The maximum Gasteiger partial charge on any atom is 0.416 e. The summed E-state index contributed by atoms with van der Waals surface area (Å²) in [6.45, 7) is 4.21. The number of ether oxygens (including phenoxy) is 1. The molecule has 0 spiro atoms. The minimum absolute atomic E-state index is 0.297. The summed E-state index contributed by atoms with van der Waals surface area (Å²) in [6.07, 6.45) is -2.81. The van der Waals surface area contributed by atoms with Crippen LogP contribution in [0.25, 0.3) is 0 Å². The number of nitrogens with two attached hydrogens (primary N) is 1.